The van der Waals surface area contributed by atoms with Gasteiger partial charge in [0.1, 0.15) is 5.75 Å². The molecular weight excluding hydrogens is 326 g/mol. The highest BCUT2D eigenvalue weighted by Crippen LogP contribution is 2.23. The van der Waals surface area contributed by atoms with Gasteiger partial charge in [0, 0.05) is 4.90 Å². The van der Waals surface area contributed by atoms with Crippen molar-refractivity contribution in [2.75, 3.05) is 24.3 Å². The van der Waals surface area contributed by atoms with Gasteiger partial charge in [-0.2, -0.15) is 0 Å². The van der Waals surface area contributed by atoms with Crippen LogP contribution in [-0.4, -0.2) is 30.8 Å². The molecule has 0 fully saturated rings. The smallest absolute Gasteiger partial charge is 0.316 e. The molecule has 5 nitrogen and oxygen atoms in total. The summed E-state index contributed by atoms with van der Waals surface area (Å²) in [6, 6.07) is 16.6. The van der Waals surface area contributed by atoms with Crippen molar-refractivity contribution in [3.8, 4) is 5.75 Å². The molecule has 0 saturated heterocycles. The Hall–Kier alpha value is -2.47. The third-order valence-corrected chi connectivity index (χ3v) is 3.91. The van der Waals surface area contributed by atoms with Gasteiger partial charge in [0.2, 0.25) is 0 Å². The number of ether oxygens (including phenoxy) is 2. The van der Waals surface area contributed by atoms with Crippen LogP contribution in [0.3, 0.4) is 0 Å². The van der Waals surface area contributed by atoms with E-state index in [1.54, 1.807) is 18.2 Å². The summed E-state index contributed by atoms with van der Waals surface area (Å²) in [6.07, 6.45) is 0. The molecule has 2 aromatic carbocycles. The Morgan fingerprint density at radius 3 is 2.50 bits per heavy atom. The highest BCUT2D eigenvalue weighted by molar-refractivity contribution is 8.00. The largest absolute Gasteiger partial charge is 0.492 e. The molecule has 0 bridgehead atoms. The Morgan fingerprint density at radius 1 is 1.04 bits per heavy atom. The van der Waals surface area contributed by atoms with E-state index in [2.05, 4.69) is 5.32 Å². The fraction of sp³-hybridized carbons (Fsp3) is 0.222. The van der Waals surface area contributed by atoms with Crippen molar-refractivity contribution in [3.05, 3.63) is 54.6 Å². The molecule has 0 spiro atoms. The fourth-order valence-electron chi connectivity index (χ4n) is 1.88. The highest BCUT2D eigenvalue weighted by Gasteiger charge is 2.10. The normalized spacial score (nSPS) is 10.0. The first-order chi connectivity index (χ1) is 11.7. The van der Waals surface area contributed by atoms with Crippen molar-refractivity contribution in [3.63, 3.8) is 0 Å². The molecule has 2 rings (SSSR count). The van der Waals surface area contributed by atoms with Crippen LogP contribution in [-0.2, 0) is 14.3 Å². The average Bonchev–Trinajstić information content (AvgIpc) is 2.61. The zero-order valence-corrected chi connectivity index (χ0v) is 14.2. The number of nitrogens with one attached hydrogen (secondary N) is 1. The molecule has 0 aliphatic rings. The van der Waals surface area contributed by atoms with Crippen molar-refractivity contribution >= 4 is 29.3 Å². The lowest BCUT2D eigenvalue weighted by Crippen LogP contribution is -2.22. The summed E-state index contributed by atoms with van der Waals surface area (Å²) in [7, 11) is 0. The summed E-state index contributed by atoms with van der Waals surface area (Å²) in [5.41, 5.74) is 0.555. The minimum absolute atomic E-state index is 0.160. The number of benzene rings is 2. The zero-order valence-electron chi connectivity index (χ0n) is 13.4. The monoisotopic (exact) mass is 345 g/mol. The quantitative estimate of drug-likeness (QED) is 0.587. The number of carbonyl (C=O) groups excluding carboxylic acids is 2. The van der Waals surface area contributed by atoms with Gasteiger partial charge in [-0.15, -0.1) is 11.8 Å². The Kier molecular flexibility index (Phi) is 7.17. The van der Waals surface area contributed by atoms with Crippen LogP contribution in [0.2, 0.25) is 0 Å². The van der Waals surface area contributed by atoms with E-state index in [4.69, 9.17) is 9.47 Å². The predicted molar refractivity (Wildman–Crippen MR) is 94.4 cm³/mol. The van der Waals surface area contributed by atoms with Crippen LogP contribution >= 0.6 is 11.8 Å². The first-order valence-corrected chi connectivity index (χ1v) is 8.52. The molecule has 0 saturated carbocycles. The van der Waals surface area contributed by atoms with Crippen molar-refractivity contribution in [2.45, 2.75) is 11.8 Å². The molecule has 0 radical (unpaired) electrons. The second kappa shape index (κ2) is 9.62. The van der Waals surface area contributed by atoms with E-state index >= 15 is 0 Å². The van der Waals surface area contributed by atoms with E-state index in [1.807, 2.05) is 43.3 Å². The number of para-hydroxylation sites is 2. The average molecular weight is 345 g/mol. The van der Waals surface area contributed by atoms with Crippen LogP contribution in [0, 0.1) is 0 Å². The van der Waals surface area contributed by atoms with E-state index in [9.17, 15) is 9.59 Å². The molecule has 1 amide bonds. The maximum atomic E-state index is 11.9. The number of anilines is 1. The molecule has 0 atom stereocenters. The van der Waals surface area contributed by atoms with Gasteiger partial charge < -0.3 is 14.8 Å². The lowest BCUT2D eigenvalue weighted by molar-refractivity contribution is -0.144. The second-order valence-corrected chi connectivity index (χ2v) is 5.79. The Labute approximate surface area is 145 Å². The highest BCUT2D eigenvalue weighted by atomic mass is 32.2. The first kappa shape index (κ1) is 17.9. The number of carbonyl (C=O) groups is 2. The topological polar surface area (TPSA) is 64.6 Å². The minimum Gasteiger partial charge on any atom is -0.492 e. The molecule has 6 heteroatoms. The van der Waals surface area contributed by atoms with Gasteiger partial charge in [0.15, 0.2) is 6.61 Å². The molecule has 0 heterocycles. The molecule has 1 N–H and O–H groups in total. The van der Waals surface area contributed by atoms with Crippen LogP contribution in [0.1, 0.15) is 6.92 Å². The van der Waals surface area contributed by atoms with Crippen LogP contribution in [0.4, 0.5) is 5.69 Å². The van der Waals surface area contributed by atoms with Crippen LogP contribution in [0.5, 0.6) is 5.75 Å². The van der Waals surface area contributed by atoms with E-state index < -0.39 is 11.9 Å². The molecule has 0 unspecified atom stereocenters. The second-order valence-electron chi connectivity index (χ2n) is 4.74. The molecule has 0 aromatic heterocycles. The van der Waals surface area contributed by atoms with E-state index in [1.165, 1.54) is 11.8 Å². The number of rotatable bonds is 8. The molecule has 0 aliphatic heterocycles. The van der Waals surface area contributed by atoms with Gasteiger partial charge in [-0.1, -0.05) is 30.3 Å². The van der Waals surface area contributed by atoms with Crippen molar-refractivity contribution < 1.29 is 19.1 Å². The maximum absolute atomic E-state index is 11.9. The summed E-state index contributed by atoms with van der Waals surface area (Å²) in [4.78, 5) is 24.6. The van der Waals surface area contributed by atoms with Crippen molar-refractivity contribution in [1.82, 2.24) is 0 Å². The Balaban J connectivity index is 1.75. The third kappa shape index (κ3) is 5.96. The Bertz CT molecular complexity index is 676. The lowest BCUT2D eigenvalue weighted by atomic mass is 10.3. The lowest BCUT2D eigenvalue weighted by Gasteiger charge is -2.11. The summed E-state index contributed by atoms with van der Waals surface area (Å²) in [5.74, 6) is -0.0936. The minimum atomic E-state index is -0.433. The summed E-state index contributed by atoms with van der Waals surface area (Å²) in [5, 5.41) is 2.68. The van der Waals surface area contributed by atoms with Crippen LogP contribution in [0.15, 0.2) is 59.5 Å². The van der Waals surface area contributed by atoms with Crippen molar-refractivity contribution in [1.29, 1.82) is 0 Å². The number of hydrogen-bond donors (Lipinski definition) is 1. The molecule has 24 heavy (non-hydrogen) atoms. The van der Waals surface area contributed by atoms with Gasteiger partial charge in [-0.05, 0) is 31.2 Å². The fourth-order valence-corrected chi connectivity index (χ4v) is 2.60. The van der Waals surface area contributed by atoms with Crippen molar-refractivity contribution in [2.24, 2.45) is 0 Å². The standard InChI is InChI=1S/C18H19NO4S/c1-2-22-16-11-7-6-10-15(16)19-17(20)12-23-18(21)13-24-14-8-4-3-5-9-14/h3-11H,2,12-13H2,1H3,(H,19,20). The maximum Gasteiger partial charge on any atom is 0.316 e. The molecule has 126 valence electrons. The first-order valence-electron chi connectivity index (χ1n) is 7.54. The van der Waals surface area contributed by atoms with Gasteiger partial charge in [0.05, 0.1) is 18.0 Å². The number of thioether (sulfide) groups is 1. The summed E-state index contributed by atoms with van der Waals surface area (Å²) >= 11 is 1.37. The van der Waals surface area contributed by atoms with E-state index in [0.717, 1.165) is 4.90 Å². The van der Waals surface area contributed by atoms with Crippen LogP contribution in [0.25, 0.3) is 0 Å². The molecule has 2 aromatic rings. The van der Waals surface area contributed by atoms with E-state index in [0.29, 0.717) is 18.0 Å². The van der Waals surface area contributed by atoms with Gasteiger partial charge >= 0.3 is 5.97 Å². The van der Waals surface area contributed by atoms with Gasteiger partial charge in [-0.25, -0.2) is 0 Å². The number of amides is 1. The third-order valence-electron chi connectivity index (χ3n) is 2.93. The number of hydrogen-bond acceptors (Lipinski definition) is 5. The summed E-state index contributed by atoms with van der Waals surface area (Å²) < 4.78 is 10.4. The van der Waals surface area contributed by atoms with Gasteiger partial charge in [-0.3, -0.25) is 9.59 Å². The van der Waals surface area contributed by atoms with Crippen LogP contribution < -0.4 is 10.1 Å². The summed E-state index contributed by atoms with van der Waals surface area (Å²) in [6.45, 7) is 2.04. The predicted octanol–water partition coefficient (Wildman–Crippen LogP) is 3.36. The zero-order chi connectivity index (χ0) is 17.2. The SMILES string of the molecule is CCOc1ccccc1NC(=O)COC(=O)CSc1ccccc1. The Morgan fingerprint density at radius 2 is 1.75 bits per heavy atom. The molecule has 0 aliphatic carbocycles. The molecular formula is C18H19NO4S. The van der Waals surface area contributed by atoms with E-state index in [-0.39, 0.29) is 12.4 Å². The van der Waals surface area contributed by atoms with Gasteiger partial charge in [0.25, 0.3) is 5.91 Å². The number of esters is 1.